The molecule has 0 aromatic carbocycles. The van der Waals surface area contributed by atoms with E-state index < -0.39 is 13.2 Å². The van der Waals surface area contributed by atoms with E-state index in [1.54, 1.807) is 0 Å². The molecular weight excluding hydrogens is 132 g/mol. The summed E-state index contributed by atoms with van der Waals surface area (Å²) in [4.78, 5) is 5.41. The van der Waals surface area contributed by atoms with Gasteiger partial charge in [-0.3, -0.25) is 0 Å². The van der Waals surface area contributed by atoms with Gasteiger partial charge in [0.25, 0.3) is 0 Å². The Bertz CT molecular complexity index is 59.5. The highest BCUT2D eigenvalue weighted by Gasteiger charge is 2.30. The zero-order valence-corrected chi connectivity index (χ0v) is 3.54. The molecule has 0 unspecified atom stereocenters. The Morgan fingerprint density at radius 3 is 1.88 bits per heavy atom. The fraction of sp³-hybridized carbons (Fsp3) is 1.00. The predicted molar refractivity (Wildman–Crippen MR) is 14.2 cm³/mol. The van der Waals surface area contributed by atoms with Crippen molar-refractivity contribution in [3.05, 3.63) is 0 Å². The van der Waals surface area contributed by atoms with Crippen molar-refractivity contribution in [2.75, 3.05) is 6.86 Å². The molecule has 0 bridgehead atoms. The molecular formula is C2H2F4O2. The predicted octanol–water partition coefficient (Wildman–Crippen LogP) is 1.38. The molecule has 0 aliphatic heterocycles. The molecule has 0 atom stereocenters. The summed E-state index contributed by atoms with van der Waals surface area (Å²) in [7, 11) is 0. The zero-order chi connectivity index (χ0) is 6.62. The normalized spacial score (nSPS) is 12.0. The van der Waals surface area contributed by atoms with Crippen molar-refractivity contribution in [3.8, 4) is 0 Å². The summed E-state index contributed by atoms with van der Waals surface area (Å²) < 4.78 is 42.9. The van der Waals surface area contributed by atoms with Crippen LogP contribution in [-0.2, 0) is 9.78 Å². The van der Waals surface area contributed by atoms with E-state index in [0.29, 0.717) is 0 Å². The Morgan fingerprint density at radius 2 is 1.75 bits per heavy atom. The number of halogens is 4. The van der Waals surface area contributed by atoms with E-state index in [2.05, 4.69) is 9.78 Å². The number of alkyl halides is 4. The van der Waals surface area contributed by atoms with E-state index >= 15 is 0 Å². The first-order valence-electron chi connectivity index (χ1n) is 1.49. The molecule has 0 heterocycles. The van der Waals surface area contributed by atoms with Crippen molar-refractivity contribution >= 4 is 0 Å². The van der Waals surface area contributed by atoms with Crippen LogP contribution in [0, 0.1) is 0 Å². The minimum Gasteiger partial charge on any atom is -0.217 e. The molecule has 6 heteroatoms. The maximum atomic E-state index is 10.7. The van der Waals surface area contributed by atoms with Crippen LogP contribution in [0.2, 0.25) is 0 Å². The highest BCUT2D eigenvalue weighted by Crippen LogP contribution is 2.15. The summed E-state index contributed by atoms with van der Waals surface area (Å²) in [6.07, 6.45) is -4.91. The lowest BCUT2D eigenvalue weighted by Crippen LogP contribution is -2.13. The van der Waals surface area contributed by atoms with Crippen molar-refractivity contribution in [1.29, 1.82) is 0 Å². The highest BCUT2D eigenvalue weighted by atomic mass is 19.4. The van der Waals surface area contributed by atoms with Gasteiger partial charge in [-0.05, 0) is 0 Å². The number of hydrogen-bond acceptors (Lipinski definition) is 2. The second-order valence-electron chi connectivity index (χ2n) is 0.756. The van der Waals surface area contributed by atoms with Crippen molar-refractivity contribution in [2.45, 2.75) is 6.36 Å². The molecule has 0 aromatic heterocycles. The minimum atomic E-state index is -4.91. The quantitative estimate of drug-likeness (QED) is 0.322. The highest BCUT2D eigenvalue weighted by molar-refractivity contribution is 4.12. The first-order valence-corrected chi connectivity index (χ1v) is 1.49. The van der Waals surface area contributed by atoms with Crippen molar-refractivity contribution < 1.29 is 27.3 Å². The fourth-order valence-corrected chi connectivity index (χ4v) is 0.0891. The molecule has 0 aromatic rings. The SMILES string of the molecule is FCOOC(F)(F)F. The third-order valence-corrected chi connectivity index (χ3v) is 0.198. The second kappa shape index (κ2) is 2.83. The molecule has 0 fully saturated rings. The van der Waals surface area contributed by atoms with E-state index in [0.717, 1.165) is 0 Å². The summed E-state index contributed by atoms with van der Waals surface area (Å²) in [5.41, 5.74) is 0. The van der Waals surface area contributed by atoms with E-state index in [1.807, 2.05) is 0 Å². The average molecular weight is 134 g/mol. The number of rotatable bonds is 2. The summed E-state index contributed by atoms with van der Waals surface area (Å²) in [6.45, 7) is -1.61. The van der Waals surface area contributed by atoms with Gasteiger partial charge in [-0.1, -0.05) is 0 Å². The molecule has 0 spiro atoms. The van der Waals surface area contributed by atoms with Gasteiger partial charge in [0.1, 0.15) is 0 Å². The van der Waals surface area contributed by atoms with Crippen LogP contribution in [-0.4, -0.2) is 13.2 Å². The minimum absolute atomic E-state index is 1.61. The molecule has 50 valence electrons. The molecule has 8 heavy (non-hydrogen) atoms. The topological polar surface area (TPSA) is 18.5 Å². The number of hydrogen-bond donors (Lipinski definition) is 0. The van der Waals surface area contributed by atoms with Gasteiger partial charge in [-0.2, -0.15) is 4.89 Å². The van der Waals surface area contributed by atoms with Gasteiger partial charge >= 0.3 is 6.36 Å². The summed E-state index contributed by atoms with van der Waals surface area (Å²) in [6, 6.07) is 0. The Labute approximate surface area is 41.9 Å². The second-order valence-corrected chi connectivity index (χ2v) is 0.756. The largest absolute Gasteiger partial charge is 0.549 e. The van der Waals surface area contributed by atoms with Gasteiger partial charge in [0.2, 0.25) is 6.86 Å². The molecule has 0 saturated heterocycles. The summed E-state index contributed by atoms with van der Waals surface area (Å²) >= 11 is 0. The monoisotopic (exact) mass is 134 g/mol. The lowest BCUT2D eigenvalue weighted by Gasteiger charge is -2.01. The molecule has 2 nitrogen and oxygen atoms in total. The van der Waals surface area contributed by atoms with Gasteiger partial charge in [0.15, 0.2) is 0 Å². The Kier molecular flexibility index (Phi) is 2.70. The van der Waals surface area contributed by atoms with Crippen LogP contribution >= 0.6 is 0 Å². The van der Waals surface area contributed by atoms with Crippen molar-refractivity contribution in [2.24, 2.45) is 0 Å². The lowest BCUT2D eigenvalue weighted by atomic mass is 11.4. The third kappa shape index (κ3) is 5.64. The van der Waals surface area contributed by atoms with Gasteiger partial charge in [0.05, 0.1) is 0 Å². The molecule has 0 amide bonds. The first kappa shape index (κ1) is 7.64. The zero-order valence-electron chi connectivity index (χ0n) is 3.54. The van der Waals surface area contributed by atoms with Crippen LogP contribution in [0.5, 0.6) is 0 Å². The standard InChI is InChI=1S/C2H2F4O2/c3-1-7-8-2(4,5)6/h1H2. The third-order valence-electron chi connectivity index (χ3n) is 0.198. The van der Waals surface area contributed by atoms with E-state index in [1.165, 1.54) is 0 Å². The summed E-state index contributed by atoms with van der Waals surface area (Å²) in [5.74, 6) is 0. The average Bonchev–Trinajstić information content (AvgIpc) is 1.59. The van der Waals surface area contributed by atoms with Crippen LogP contribution in [0.3, 0.4) is 0 Å². The van der Waals surface area contributed by atoms with Gasteiger partial charge in [-0.15, -0.1) is 18.1 Å². The Balaban J connectivity index is 3.11. The Hall–Kier alpha value is -0.360. The molecule has 0 N–H and O–H groups in total. The lowest BCUT2D eigenvalue weighted by molar-refractivity contribution is -0.491. The van der Waals surface area contributed by atoms with E-state index in [4.69, 9.17) is 0 Å². The van der Waals surface area contributed by atoms with Crippen molar-refractivity contribution in [1.82, 2.24) is 0 Å². The molecule has 0 saturated carbocycles. The van der Waals surface area contributed by atoms with E-state index in [-0.39, 0.29) is 0 Å². The van der Waals surface area contributed by atoms with Crippen LogP contribution in [0.1, 0.15) is 0 Å². The fourth-order valence-electron chi connectivity index (χ4n) is 0.0891. The summed E-state index contributed by atoms with van der Waals surface area (Å²) in [5, 5.41) is 0. The Morgan fingerprint density at radius 1 is 1.25 bits per heavy atom. The van der Waals surface area contributed by atoms with Gasteiger partial charge in [0, 0.05) is 0 Å². The molecule has 0 radical (unpaired) electrons. The smallest absolute Gasteiger partial charge is 0.217 e. The van der Waals surface area contributed by atoms with E-state index in [9.17, 15) is 17.6 Å². The van der Waals surface area contributed by atoms with Crippen molar-refractivity contribution in [3.63, 3.8) is 0 Å². The van der Waals surface area contributed by atoms with Crippen LogP contribution < -0.4 is 0 Å². The van der Waals surface area contributed by atoms with Crippen LogP contribution in [0.15, 0.2) is 0 Å². The van der Waals surface area contributed by atoms with Crippen LogP contribution in [0.4, 0.5) is 17.6 Å². The van der Waals surface area contributed by atoms with Gasteiger partial charge < -0.3 is 0 Å². The molecule has 0 aliphatic carbocycles. The molecule has 0 aliphatic rings. The maximum Gasteiger partial charge on any atom is 0.549 e. The molecule has 0 rings (SSSR count). The maximum absolute atomic E-state index is 10.7. The van der Waals surface area contributed by atoms with Crippen LogP contribution in [0.25, 0.3) is 0 Å². The van der Waals surface area contributed by atoms with Gasteiger partial charge in [-0.25, -0.2) is 4.39 Å². The first-order chi connectivity index (χ1) is 3.56.